The predicted molar refractivity (Wildman–Crippen MR) is 66.8 cm³/mol. The van der Waals surface area contributed by atoms with Gasteiger partial charge in [-0.25, -0.2) is 4.79 Å². The molecule has 0 aromatic rings. The molecule has 0 bridgehead atoms. The van der Waals surface area contributed by atoms with Crippen molar-refractivity contribution < 1.29 is 14.6 Å². The minimum atomic E-state index is -0.441. The van der Waals surface area contributed by atoms with E-state index < -0.39 is 5.60 Å². The van der Waals surface area contributed by atoms with Crippen LogP contribution in [0.2, 0.25) is 0 Å². The molecule has 0 fully saturated rings. The number of rotatable bonds is 3. The van der Waals surface area contributed by atoms with E-state index in [1.807, 2.05) is 20.8 Å². The maximum atomic E-state index is 11.9. The van der Waals surface area contributed by atoms with Crippen LogP contribution in [0.1, 0.15) is 40.0 Å². The monoisotopic (exact) mass is 241 g/mol. The molecule has 0 aromatic carbocycles. The van der Waals surface area contributed by atoms with Crippen molar-refractivity contribution in [1.29, 1.82) is 0 Å². The Balaban J connectivity index is 2.46. The lowest BCUT2D eigenvalue weighted by Gasteiger charge is -2.30. The Bertz CT molecular complexity index is 292. The van der Waals surface area contributed by atoms with Crippen LogP contribution in [0.25, 0.3) is 0 Å². The van der Waals surface area contributed by atoms with E-state index in [-0.39, 0.29) is 12.7 Å². The third-order valence-corrected chi connectivity index (χ3v) is 2.53. The van der Waals surface area contributed by atoms with Gasteiger partial charge in [0.2, 0.25) is 0 Å². The van der Waals surface area contributed by atoms with Gasteiger partial charge in [-0.05, 0) is 40.0 Å². The highest BCUT2D eigenvalue weighted by Gasteiger charge is 2.23. The van der Waals surface area contributed by atoms with E-state index in [0.717, 1.165) is 25.8 Å². The van der Waals surface area contributed by atoms with Crippen LogP contribution in [-0.4, -0.2) is 41.4 Å². The van der Waals surface area contributed by atoms with Crippen LogP contribution in [0, 0.1) is 0 Å². The number of nitrogens with zero attached hydrogens (tertiary/aromatic N) is 1. The van der Waals surface area contributed by atoms with E-state index in [4.69, 9.17) is 9.84 Å². The largest absolute Gasteiger partial charge is 0.444 e. The molecule has 0 atom stereocenters. The zero-order valence-corrected chi connectivity index (χ0v) is 11.0. The van der Waals surface area contributed by atoms with E-state index in [1.54, 1.807) is 4.90 Å². The minimum absolute atomic E-state index is 0.198. The maximum Gasteiger partial charge on any atom is 0.410 e. The molecule has 17 heavy (non-hydrogen) atoms. The molecule has 0 saturated carbocycles. The van der Waals surface area contributed by atoms with Gasteiger partial charge in [-0.3, -0.25) is 0 Å². The molecule has 4 heteroatoms. The molecule has 0 radical (unpaired) electrons. The van der Waals surface area contributed by atoms with Gasteiger partial charge in [-0.1, -0.05) is 11.6 Å². The van der Waals surface area contributed by atoms with E-state index in [2.05, 4.69) is 6.08 Å². The van der Waals surface area contributed by atoms with Crippen molar-refractivity contribution in [3.8, 4) is 0 Å². The fourth-order valence-electron chi connectivity index (χ4n) is 1.78. The maximum absolute atomic E-state index is 11.9. The van der Waals surface area contributed by atoms with Crippen molar-refractivity contribution in [1.82, 2.24) is 4.90 Å². The van der Waals surface area contributed by atoms with Crippen LogP contribution in [0.3, 0.4) is 0 Å². The SMILES string of the molecule is CC(C)(C)OC(=O)N1CCC=C(CCCO)C1. The molecule has 0 aliphatic carbocycles. The number of hydrogen-bond acceptors (Lipinski definition) is 3. The topological polar surface area (TPSA) is 49.8 Å². The summed E-state index contributed by atoms with van der Waals surface area (Å²) in [6.45, 7) is 7.17. The molecular weight excluding hydrogens is 218 g/mol. The average Bonchev–Trinajstić information content (AvgIpc) is 2.24. The van der Waals surface area contributed by atoms with Crippen LogP contribution in [-0.2, 0) is 4.74 Å². The highest BCUT2D eigenvalue weighted by molar-refractivity contribution is 5.68. The Morgan fingerprint density at radius 3 is 2.82 bits per heavy atom. The molecule has 0 saturated heterocycles. The van der Waals surface area contributed by atoms with Crippen molar-refractivity contribution in [2.24, 2.45) is 0 Å². The minimum Gasteiger partial charge on any atom is -0.444 e. The number of ether oxygens (including phenoxy) is 1. The molecule has 1 rings (SSSR count). The van der Waals surface area contributed by atoms with Crippen LogP contribution >= 0.6 is 0 Å². The van der Waals surface area contributed by atoms with Crippen LogP contribution < -0.4 is 0 Å². The number of aliphatic hydroxyl groups is 1. The van der Waals surface area contributed by atoms with Crippen molar-refractivity contribution in [2.45, 2.75) is 45.6 Å². The summed E-state index contributed by atoms with van der Waals surface area (Å²) in [7, 11) is 0. The van der Waals surface area contributed by atoms with E-state index >= 15 is 0 Å². The Labute approximate surface area is 103 Å². The van der Waals surface area contributed by atoms with Gasteiger partial charge in [0, 0.05) is 19.7 Å². The van der Waals surface area contributed by atoms with Gasteiger partial charge in [0.25, 0.3) is 0 Å². The van der Waals surface area contributed by atoms with Gasteiger partial charge in [0.05, 0.1) is 0 Å². The van der Waals surface area contributed by atoms with Crippen molar-refractivity contribution >= 4 is 6.09 Å². The van der Waals surface area contributed by atoms with Gasteiger partial charge >= 0.3 is 6.09 Å². The van der Waals surface area contributed by atoms with Gasteiger partial charge < -0.3 is 14.7 Å². The molecule has 98 valence electrons. The van der Waals surface area contributed by atoms with Gasteiger partial charge in [0.1, 0.15) is 5.60 Å². The van der Waals surface area contributed by atoms with Gasteiger partial charge in [-0.2, -0.15) is 0 Å². The summed E-state index contributed by atoms with van der Waals surface area (Å²) in [5, 5.41) is 8.79. The fraction of sp³-hybridized carbons (Fsp3) is 0.769. The quantitative estimate of drug-likeness (QED) is 0.771. The number of amides is 1. The first-order valence-corrected chi connectivity index (χ1v) is 6.19. The first kappa shape index (κ1) is 14.0. The molecule has 0 spiro atoms. The lowest BCUT2D eigenvalue weighted by molar-refractivity contribution is 0.0260. The molecule has 1 N–H and O–H groups in total. The first-order valence-electron chi connectivity index (χ1n) is 6.19. The number of carbonyl (C=O) groups excluding carboxylic acids is 1. The van der Waals surface area contributed by atoms with Crippen molar-refractivity contribution in [3.05, 3.63) is 11.6 Å². The molecule has 1 heterocycles. The van der Waals surface area contributed by atoms with Gasteiger partial charge in [-0.15, -0.1) is 0 Å². The average molecular weight is 241 g/mol. The van der Waals surface area contributed by atoms with Crippen molar-refractivity contribution in [3.63, 3.8) is 0 Å². The Morgan fingerprint density at radius 1 is 1.53 bits per heavy atom. The third-order valence-electron chi connectivity index (χ3n) is 2.53. The second kappa shape index (κ2) is 6.05. The Morgan fingerprint density at radius 2 is 2.24 bits per heavy atom. The molecule has 1 aliphatic rings. The van der Waals surface area contributed by atoms with Gasteiger partial charge in [0.15, 0.2) is 0 Å². The number of hydrogen-bond donors (Lipinski definition) is 1. The Kier molecular flexibility index (Phi) is 5.00. The van der Waals surface area contributed by atoms with E-state index in [9.17, 15) is 4.79 Å². The molecule has 1 amide bonds. The second-order valence-electron chi connectivity index (χ2n) is 5.38. The molecule has 0 aromatic heterocycles. The standard InChI is InChI=1S/C13H23NO3/c1-13(2,3)17-12(16)14-8-4-6-11(10-14)7-5-9-15/h6,15H,4-5,7-10H2,1-3H3. The predicted octanol–water partition coefficient (Wildman–Crippen LogP) is 2.33. The molecular formula is C13H23NO3. The smallest absolute Gasteiger partial charge is 0.410 e. The summed E-state index contributed by atoms with van der Waals surface area (Å²) >= 11 is 0. The summed E-state index contributed by atoms with van der Waals surface area (Å²) in [6.07, 6.45) is 4.41. The highest BCUT2D eigenvalue weighted by atomic mass is 16.6. The zero-order valence-electron chi connectivity index (χ0n) is 11.0. The van der Waals surface area contributed by atoms with Crippen LogP contribution in [0.15, 0.2) is 11.6 Å². The summed E-state index contributed by atoms with van der Waals surface area (Å²) < 4.78 is 5.34. The summed E-state index contributed by atoms with van der Waals surface area (Å²) in [5.41, 5.74) is 0.778. The zero-order chi connectivity index (χ0) is 12.9. The number of aliphatic hydroxyl groups excluding tert-OH is 1. The normalized spacial score (nSPS) is 16.7. The number of carbonyl (C=O) groups is 1. The third kappa shape index (κ3) is 5.22. The highest BCUT2D eigenvalue weighted by Crippen LogP contribution is 2.17. The second-order valence-corrected chi connectivity index (χ2v) is 5.38. The lowest BCUT2D eigenvalue weighted by atomic mass is 10.1. The van der Waals surface area contributed by atoms with Crippen molar-refractivity contribution in [2.75, 3.05) is 19.7 Å². The first-order chi connectivity index (χ1) is 7.92. The Hall–Kier alpha value is -1.03. The van der Waals surface area contributed by atoms with Crippen LogP contribution in [0.4, 0.5) is 4.79 Å². The van der Waals surface area contributed by atoms with E-state index in [0.29, 0.717) is 6.54 Å². The summed E-state index contributed by atoms with van der Waals surface area (Å²) in [5.74, 6) is 0. The molecule has 1 aliphatic heterocycles. The lowest BCUT2D eigenvalue weighted by Crippen LogP contribution is -2.39. The van der Waals surface area contributed by atoms with E-state index in [1.165, 1.54) is 5.57 Å². The molecule has 0 unspecified atom stereocenters. The molecule has 4 nitrogen and oxygen atoms in total. The summed E-state index contributed by atoms with van der Waals surface area (Å²) in [6, 6.07) is 0. The fourth-order valence-corrected chi connectivity index (χ4v) is 1.78. The van der Waals surface area contributed by atoms with Crippen LogP contribution in [0.5, 0.6) is 0 Å². The summed E-state index contributed by atoms with van der Waals surface area (Å²) in [4.78, 5) is 13.6.